The largest absolute Gasteiger partial charge is 0.403 e. The lowest BCUT2D eigenvalue weighted by atomic mass is 9.49. The molecule has 0 saturated heterocycles. The van der Waals surface area contributed by atoms with E-state index in [1.54, 1.807) is 6.20 Å². The fourth-order valence-electron chi connectivity index (χ4n) is 8.00. The van der Waals surface area contributed by atoms with Crippen molar-refractivity contribution in [1.82, 2.24) is 5.01 Å². The molecule has 0 aromatic heterocycles. The lowest BCUT2D eigenvalue weighted by Crippen LogP contribution is -2.52. The molecule has 0 heterocycles. The van der Waals surface area contributed by atoms with E-state index in [1.165, 1.54) is 30.5 Å². The molecule has 9 atom stereocenters. The predicted molar refractivity (Wildman–Crippen MR) is 109 cm³/mol. The number of ketones is 1. The second kappa shape index (κ2) is 7.62. The standard InChI is InChI=1S/C23H38FN3O/c1-14-3-4-15-16-7-8-23(2)19(17(16)12-21(24)18(15)11-14)5-6-20(23)22(28)13-27(26)10-9-25/h9-10,14-21H,3-8,11-13,25-26H2,1-2H3/b10-9-. The van der Waals surface area contributed by atoms with E-state index < -0.39 is 6.17 Å². The van der Waals surface area contributed by atoms with Crippen molar-refractivity contribution in [1.29, 1.82) is 0 Å². The molecular formula is C23H38FN3O. The van der Waals surface area contributed by atoms with Crippen molar-refractivity contribution in [2.75, 3.05) is 6.54 Å². The number of halogens is 1. The average Bonchev–Trinajstić information content (AvgIpc) is 3.00. The first-order valence-corrected chi connectivity index (χ1v) is 11.4. The highest BCUT2D eigenvalue weighted by Crippen LogP contribution is 2.64. The van der Waals surface area contributed by atoms with E-state index in [4.69, 9.17) is 11.6 Å². The van der Waals surface area contributed by atoms with Crippen LogP contribution in [0, 0.1) is 46.8 Å². The number of hydrogen-bond donors (Lipinski definition) is 2. The minimum Gasteiger partial charge on any atom is -0.403 e. The monoisotopic (exact) mass is 391 g/mol. The zero-order valence-electron chi connectivity index (χ0n) is 17.5. The molecule has 5 heteroatoms. The lowest BCUT2D eigenvalue weighted by Gasteiger charge is -2.57. The van der Waals surface area contributed by atoms with Crippen LogP contribution in [0.3, 0.4) is 0 Å². The van der Waals surface area contributed by atoms with Gasteiger partial charge in [0, 0.05) is 18.3 Å². The van der Waals surface area contributed by atoms with Gasteiger partial charge in [0.05, 0.1) is 6.54 Å². The van der Waals surface area contributed by atoms with Crippen LogP contribution in [0.4, 0.5) is 4.39 Å². The minimum absolute atomic E-state index is 0.0139. The third-order valence-corrected chi connectivity index (χ3v) is 9.23. The summed E-state index contributed by atoms with van der Waals surface area (Å²) in [5, 5.41) is 1.39. The summed E-state index contributed by atoms with van der Waals surface area (Å²) >= 11 is 0. The van der Waals surface area contributed by atoms with Crippen LogP contribution >= 0.6 is 0 Å². The molecule has 4 N–H and O–H groups in total. The number of hydrazine groups is 1. The normalized spacial score (nSPS) is 48.0. The quantitative estimate of drug-likeness (QED) is 0.561. The molecule has 0 aliphatic heterocycles. The Balaban J connectivity index is 1.51. The first kappa shape index (κ1) is 20.2. The number of alkyl halides is 1. The maximum absolute atomic E-state index is 15.2. The van der Waals surface area contributed by atoms with Gasteiger partial charge in [0.2, 0.25) is 0 Å². The number of carbonyl (C=O) groups is 1. The van der Waals surface area contributed by atoms with Gasteiger partial charge in [-0.15, -0.1) is 0 Å². The zero-order valence-corrected chi connectivity index (χ0v) is 17.5. The topological polar surface area (TPSA) is 72.3 Å². The number of fused-ring (bicyclic) bond motifs is 5. The minimum atomic E-state index is -0.639. The molecule has 4 saturated carbocycles. The van der Waals surface area contributed by atoms with Crippen LogP contribution in [-0.4, -0.2) is 23.5 Å². The highest BCUT2D eigenvalue weighted by molar-refractivity contribution is 5.84. The number of Topliss-reactive ketones (excluding diaryl/α,β-unsaturated/α-hetero) is 1. The van der Waals surface area contributed by atoms with Gasteiger partial charge in [-0.3, -0.25) is 4.79 Å². The number of rotatable bonds is 4. The van der Waals surface area contributed by atoms with Gasteiger partial charge in [-0.25, -0.2) is 10.2 Å². The lowest BCUT2D eigenvalue weighted by molar-refractivity contribution is -0.133. The van der Waals surface area contributed by atoms with E-state index in [2.05, 4.69) is 13.8 Å². The Kier molecular flexibility index (Phi) is 5.49. The summed E-state index contributed by atoms with van der Waals surface area (Å²) in [4.78, 5) is 13.0. The van der Waals surface area contributed by atoms with Crippen LogP contribution in [0.15, 0.2) is 12.4 Å². The van der Waals surface area contributed by atoms with Gasteiger partial charge in [0.25, 0.3) is 0 Å². The first-order chi connectivity index (χ1) is 13.3. The van der Waals surface area contributed by atoms with Crippen LogP contribution < -0.4 is 11.6 Å². The van der Waals surface area contributed by atoms with Crippen molar-refractivity contribution >= 4 is 5.78 Å². The highest BCUT2D eigenvalue weighted by atomic mass is 19.1. The molecule has 0 bridgehead atoms. The maximum Gasteiger partial charge on any atom is 0.157 e. The fraction of sp³-hybridized carbons (Fsp3) is 0.870. The second-order valence-corrected chi connectivity index (χ2v) is 10.6. The summed E-state index contributed by atoms with van der Waals surface area (Å²) in [6, 6.07) is 0. The second-order valence-electron chi connectivity index (χ2n) is 10.6. The SMILES string of the molecule is CC1CCC2C(C1)C(F)CC1C2CCC2(C)C(C(=O)CN(N)/C=C\N)CCC12. The van der Waals surface area contributed by atoms with E-state index in [0.29, 0.717) is 35.5 Å². The Morgan fingerprint density at radius 3 is 2.61 bits per heavy atom. The van der Waals surface area contributed by atoms with Crippen molar-refractivity contribution < 1.29 is 9.18 Å². The highest BCUT2D eigenvalue weighted by Gasteiger charge is 2.59. The van der Waals surface area contributed by atoms with Crippen LogP contribution in [0.5, 0.6) is 0 Å². The van der Waals surface area contributed by atoms with Gasteiger partial charge in [-0.2, -0.15) is 0 Å². The Hall–Kier alpha value is -1.10. The molecule has 4 rings (SSSR count). The summed E-state index contributed by atoms with van der Waals surface area (Å²) in [7, 11) is 0. The number of nitrogens with two attached hydrogens (primary N) is 2. The number of carbonyl (C=O) groups excluding carboxylic acids is 1. The van der Waals surface area contributed by atoms with Gasteiger partial charge < -0.3 is 10.7 Å². The van der Waals surface area contributed by atoms with Crippen molar-refractivity contribution in [3.05, 3.63) is 12.4 Å². The summed E-state index contributed by atoms with van der Waals surface area (Å²) in [6.07, 6.45) is 10.9. The van der Waals surface area contributed by atoms with E-state index in [-0.39, 0.29) is 23.7 Å². The van der Waals surface area contributed by atoms with Crippen molar-refractivity contribution in [3.63, 3.8) is 0 Å². The Labute approximate surface area is 169 Å². The third kappa shape index (κ3) is 3.28. The van der Waals surface area contributed by atoms with Crippen LogP contribution in [0.25, 0.3) is 0 Å². The van der Waals surface area contributed by atoms with Gasteiger partial charge >= 0.3 is 0 Å². The molecule has 9 unspecified atom stereocenters. The smallest absolute Gasteiger partial charge is 0.157 e. The first-order valence-electron chi connectivity index (χ1n) is 11.4. The average molecular weight is 392 g/mol. The molecule has 4 aliphatic rings. The summed E-state index contributed by atoms with van der Waals surface area (Å²) in [6.45, 7) is 4.81. The molecule has 158 valence electrons. The third-order valence-electron chi connectivity index (χ3n) is 9.23. The molecule has 0 amide bonds. The van der Waals surface area contributed by atoms with E-state index in [0.717, 1.165) is 32.1 Å². The molecule has 28 heavy (non-hydrogen) atoms. The van der Waals surface area contributed by atoms with Gasteiger partial charge in [0.1, 0.15) is 6.17 Å². The Morgan fingerprint density at radius 2 is 1.86 bits per heavy atom. The van der Waals surface area contributed by atoms with E-state index in [1.807, 2.05) is 0 Å². The van der Waals surface area contributed by atoms with E-state index in [9.17, 15) is 4.79 Å². The predicted octanol–water partition coefficient (Wildman–Crippen LogP) is 4.01. The Morgan fingerprint density at radius 1 is 1.11 bits per heavy atom. The van der Waals surface area contributed by atoms with Gasteiger partial charge in [-0.1, -0.05) is 20.3 Å². The van der Waals surface area contributed by atoms with Gasteiger partial charge in [0.15, 0.2) is 5.78 Å². The molecular weight excluding hydrogens is 353 g/mol. The molecule has 0 aromatic carbocycles. The molecule has 0 aromatic rings. The molecule has 4 fully saturated rings. The fourth-order valence-corrected chi connectivity index (χ4v) is 8.00. The van der Waals surface area contributed by atoms with Gasteiger partial charge in [-0.05, 0) is 85.9 Å². The maximum atomic E-state index is 15.2. The summed E-state index contributed by atoms with van der Waals surface area (Å²) < 4.78 is 15.2. The van der Waals surface area contributed by atoms with Crippen molar-refractivity contribution in [2.24, 2.45) is 58.4 Å². The van der Waals surface area contributed by atoms with Crippen LogP contribution in [0.2, 0.25) is 0 Å². The van der Waals surface area contributed by atoms with Crippen LogP contribution in [0.1, 0.15) is 65.2 Å². The molecule has 0 radical (unpaired) electrons. The molecule has 4 aliphatic carbocycles. The van der Waals surface area contributed by atoms with Crippen LogP contribution in [-0.2, 0) is 4.79 Å². The number of hydrogen-bond acceptors (Lipinski definition) is 4. The molecule has 0 spiro atoms. The summed E-state index contributed by atoms with van der Waals surface area (Å²) in [5.74, 6) is 9.35. The Bertz CT molecular complexity index is 625. The summed E-state index contributed by atoms with van der Waals surface area (Å²) in [5.41, 5.74) is 5.40. The zero-order chi connectivity index (χ0) is 20.1. The van der Waals surface area contributed by atoms with E-state index >= 15 is 4.39 Å². The van der Waals surface area contributed by atoms with Crippen molar-refractivity contribution in [3.8, 4) is 0 Å². The number of nitrogens with zero attached hydrogens (tertiary/aromatic N) is 1. The molecule has 4 nitrogen and oxygen atoms in total. The van der Waals surface area contributed by atoms with Crippen molar-refractivity contribution in [2.45, 2.75) is 71.4 Å².